The van der Waals surface area contributed by atoms with Gasteiger partial charge >= 0.3 is 0 Å². The fourth-order valence-corrected chi connectivity index (χ4v) is 3.89. The fourth-order valence-electron chi connectivity index (χ4n) is 3.36. The average Bonchev–Trinajstić information content (AvgIpc) is 2.95. The molecule has 1 saturated heterocycles. The predicted octanol–water partition coefficient (Wildman–Crippen LogP) is 4.86. The Kier molecular flexibility index (Phi) is 5.54. The topological polar surface area (TPSA) is 49.4 Å². The first-order chi connectivity index (χ1) is 12.4. The average molecular weight is 391 g/mol. The molecule has 1 unspecified atom stereocenters. The maximum Gasteiger partial charge on any atom is 0.229 e. The molecule has 136 valence electrons. The van der Waals surface area contributed by atoms with Gasteiger partial charge in [-0.05, 0) is 42.7 Å². The molecule has 1 atom stereocenters. The molecular weight excluding hydrogens is 371 g/mol. The molecule has 6 heteroatoms. The third-order valence-electron chi connectivity index (χ3n) is 4.60. The van der Waals surface area contributed by atoms with E-state index in [4.69, 9.17) is 23.2 Å². The van der Waals surface area contributed by atoms with E-state index in [0.717, 1.165) is 23.2 Å². The molecule has 0 saturated carbocycles. The molecule has 1 aliphatic rings. The highest BCUT2D eigenvalue weighted by molar-refractivity contribution is 6.35. The third-order valence-corrected chi connectivity index (χ3v) is 5.03. The molecule has 2 aromatic carbocycles. The fraction of sp³-hybridized carbons (Fsp3) is 0.300. The minimum absolute atomic E-state index is 0.0294. The highest BCUT2D eigenvalue weighted by Gasteiger charge is 2.36. The van der Waals surface area contributed by atoms with Crippen molar-refractivity contribution in [1.82, 2.24) is 0 Å². The second-order valence-corrected chi connectivity index (χ2v) is 7.36. The third kappa shape index (κ3) is 3.87. The molecule has 1 fully saturated rings. The van der Waals surface area contributed by atoms with Crippen molar-refractivity contribution >= 4 is 46.4 Å². The number of rotatable bonds is 4. The number of nitrogens with zero attached hydrogens (tertiary/aromatic N) is 1. The number of anilines is 2. The van der Waals surface area contributed by atoms with E-state index in [2.05, 4.69) is 12.2 Å². The molecule has 0 spiro atoms. The van der Waals surface area contributed by atoms with E-state index in [1.165, 1.54) is 0 Å². The van der Waals surface area contributed by atoms with Crippen molar-refractivity contribution in [3.8, 4) is 0 Å². The van der Waals surface area contributed by atoms with Crippen LogP contribution < -0.4 is 10.2 Å². The Bertz CT molecular complexity index is 847. The molecule has 0 aromatic heterocycles. The number of carbonyl (C=O) groups excluding carboxylic acids is 2. The Morgan fingerprint density at radius 3 is 2.58 bits per heavy atom. The summed E-state index contributed by atoms with van der Waals surface area (Å²) in [7, 11) is 0. The monoisotopic (exact) mass is 390 g/mol. The van der Waals surface area contributed by atoms with Crippen LogP contribution in [0.5, 0.6) is 0 Å². The van der Waals surface area contributed by atoms with Gasteiger partial charge in [-0.25, -0.2) is 0 Å². The molecule has 2 amide bonds. The Labute approximate surface area is 163 Å². The molecule has 2 aromatic rings. The zero-order valence-corrected chi connectivity index (χ0v) is 16.2. The van der Waals surface area contributed by atoms with Crippen molar-refractivity contribution in [2.24, 2.45) is 5.92 Å². The van der Waals surface area contributed by atoms with Crippen LogP contribution in [0.2, 0.25) is 10.0 Å². The van der Waals surface area contributed by atoms with E-state index in [0.29, 0.717) is 22.3 Å². The number of hydrogen-bond donors (Lipinski definition) is 1. The van der Waals surface area contributed by atoms with Gasteiger partial charge in [-0.1, -0.05) is 48.3 Å². The summed E-state index contributed by atoms with van der Waals surface area (Å²) in [6, 6.07) is 10.9. The number of nitrogens with one attached hydrogen (secondary N) is 1. The minimum atomic E-state index is -0.412. The summed E-state index contributed by atoms with van der Waals surface area (Å²) in [5.74, 6) is -0.645. The van der Waals surface area contributed by atoms with Gasteiger partial charge in [0.05, 0.1) is 5.92 Å². The standard InChI is InChI=1S/C20H20Cl2N2O2/c1-3-13-6-4-5-12(2)19(13)24-11-14(7-18(24)25)20(26)23-17-9-15(21)8-16(22)10-17/h4-6,8-10,14H,3,7,11H2,1-2H3,(H,23,26). The van der Waals surface area contributed by atoms with Crippen LogP contribution in [0.15, 0.2) is 36.4 Å². The maximum atomic E-state index is 12.6. The van der Waals surface area contributed by atoms with Gasteiger partial charge in [-0.3, -0.25) is 9.59 Å². The Morgan fingerprint density at radius 2 is 1.92 bits per heavy atom. The van der Waals surface area contributed by atoms with Crippen LogP contribution in [-0.2, 0) is 16.0 Å². The zero-order chi connectivity index (χ0) is 18.8. The Hall–Kier alpha value is -2.04. The van der Waals surface area contributed by atoms with Crippen LogP contribution in [0.1, 0.15) is 24.5 Å². The first kappa shape index (κ1) is 18.7. The number of para-hydroxylation sites is 1. The van der Waals surface area contributed by atoms with Crippen LogP contribution in [0, 0.1) is 12.8 Å². The van der Waals surface area contributed by atoms with Crippen molar-refractivity contribution < 1.29 is 9.59 Å². The van der Waals surface area contributed by atoms with Crippen molar-refractivity contribution in [2.45, 2.75) is 26.7 Å². The summed E-state index contributed by atoms with van der Waals surface area (Å²) >= 11 is 11.9. The first-order valence-electron chi connectivity index (χ1n) is 8.55. The van der Waals surface area contributed by atoms with Gasteiger partial charge in [-0.15, -0.1) is 0 Å². The SMILES string of the molecule is CCc1cccc(C)c1N1CC(C(=O)Nc2cc(Cl)cc(Cl)c2)CC1=O. The molecular formula is C20H20Cl2N2O2. The van der Waals surface area contributed by atoms with E-state index in [1.54, 1.807) is 23.1 Å². The van der Waals surface area contributed by atoms with E-state index in [1.807, 2.05) is 25.1 Å². The molecule has 1 N–H and O–H groups in total. The summed E-state index contributed by atoms with van der Waals surface area (Å²) in [6.45, 7) is 4.42. The quantitative estimate of drug-likeness (QED) is 0.810. The lowest BCUT2D eigenvalue weighted by Crippen LogP contribution is -2.29. The van der Waals surface area contributed by atoms with Crippen LogP contribution in [0.25, 0.3) is 0 Å². The van der Waals surface area contributed by atoms with Crippen LogP contribution >= 0.6 is 23.2 Å². The molecule has 26 heavy (non-hydrogen) atoms. The van der Waals surface area contributed by atoms with Gasteiger partial charge in [-0.2, -0.15) is 0 Å². The number of hydrogen-bond acceptors (Lipinski definition) is 2. The van der Waals surface area contributed by atoms with Gasteiger partial charge in [0.1, 0.15) is 0 Å². The summed E-state index contributed by atoms with van der Waals surface area (Å²) in [5, 5.41) is 3.71. The van der Waals surface area contributed by atoms with Gasteiger partial charge in [0.25, 0.3) is 0 Å². The number of aryl methyl sites for hydroxylation is 2. The van der Waals surface area contributed by atoms with Crippen molar-refractivity contribution in [3.63, 3.8) is 0 Å². The number of amides is 2. The minimum Gasteiger partial charge on any atom is -0.326 e. The lowest BCUT2D eigenvalue weighted by atomic mass is 10.0. The van der Waals surface area contributed by atoms with E-state index >= 15 is 0 Å². The van der Waals surface area contributed by atoms with Crippen LogP contribution in [-0.4, -0.2) is 18.4 Å². The van der Waals surface area contributed by atoms with Gasteiger partial charge in [0, 0.05) is 34.4 Å². The first-order valence-corrected chi connectivity index (χ1v) is 9.30. The summed E-state index contributed by atoms with van der Waals surface area (Å²) in [6.07, 6.45) is 1.02. The van der Waals surface area contributed by atoms with E-state index in [-0.39, 0.29) is 18.2 Å². The van der Waals surface area contributed by atoms with Crippen LogP contribution in [0.3, 0.4) is 0 Å². The summed E-state index contributed by atoms with van der Waals surface area (Å²) in [4.78, 5) is 26.9. The second kappa shape index (κ2) is 7.68. The van der Waals surface area contributed by atoms with Gasteiger partial charge in [0.15, 0.2) is 0 Å². The van der Waals surface area contributed by atoms with E-state index < -0.39 is 5.92 Å². The summed E-state index contributed by atoms with van der Waals surface area (Å²) in [5.41, 5.74) is 3.62. The molecule has 0 bridgehead atoms. The normalized spacial score (nSPS) is 16.8. The summed E-state index contributed by atoms with van der Waals surface area (Å²) < 4.78 is 0. The molecule has 1 heterocycles. The van der Waals surface area contributed by atoms with Crippen molar-refractivity contribution in [3.05, 3.63) is 57.6 Å². The second-order valence-electron chi connectivity index (χ2n) is 6.49. The van der Waals surface area contributed by atoms with Crippen molar-refractivity contribution in [1.29, 1.82) is 0 Å². The van der Waals surface area contributed by atoms with Crippen molar-refractivity contribution in [2.75, 3.05) is 16.8 Å². The lowest BCUT2D eigenvalue weighted by molar-refractivity contribution is -0.122. The zero-order valence-electron chi connectivity index (χ0n) is 14.7. The maximum absolute atomic E-state index is 12.6. The van der Waals surface area contributed by atoms with Gasteiger partial charge < -0.3 is 10.2 Å². The number of halogens is 2. The number of carbonyl (C=O) groups is 2. The van der Waals surface area contributed by atoms with Gasteiger partial charge in [0.2, 0.25) is 11.8 Å². The Morgan fingerprint density at radius 1 is 1.23 bits per heavy atom. The number of benzene rings is 2. The highest BCUT2D eigenvalue weighted by Crippen LogP contribution is 2.32. The lowest BCUT2D eigenvalue weighted by Gasteiger charge is -2.22. The molecule has 0 radical (unpaired) electrons. The molecule has 3 rings (SSSR count). The molecule has 1 aliphatic heterocycles. The highest BCUT2D eigenvalue weighted by atomic mass is 35.5. The molecule has 0 aliphatic carbocycles. The van der Waals surface area contributed by atoms with Crippen LogP contribution in [0.4, 0.5) is 11.4 Å². The largest absolute Gasteiger partial charge is 0.326 e. The molecule has 4 nitrogen and oxygen atoms in total. The predicted molar refractivity (Wildman–Crippen MR) is 106 cm³/mol. The Balaban J connectivity index is 1.78. The smallest absolute Gasteiger partial charge is 0.229 e. The van der Waals surface area contributed by atoms with E-state index in [9.17, 15) is 9.59 Å².